The Morgan fingerprint density at radius 3 is 2.39 bits per heavy atom. The van der Waals surface area contributed by atoms with Gasteiger partial charge in [0.05, 0.1) is 4.92 Å². The first-order chi connectivity index (χ1) is 11.0. The summed E-state index contributed by atoms with van der Waals surface area (Å²) in [6.07, 6.45) is 0. The van der Waals surface area contributed by atoms with Gasteiger partial charge < -0.3 is 10.6 Å². The van der Waals surface area contributed by atoms with Crippen LogP contribution in [0.4, 0.5) is 11.4 Å². The Morgan fingerprint density at radius 1 is 1.09 bits per heavy atom. The van der Waals surface area contributed by atoms with Crippen molar-refractivity contribution in [3.05, 3.63) is 69.3 Å². The van der Waals surface area contributed by atoms with Crippen molar-refractivity contribution in [3.63, 3.8) is 0 Å². The topological polar surface area (TPSA) is 84.3 Å². The van der Waals surface area contributed by atoms with Gasteiger partial charge in [-0.2, -0.15) is 0 Å². The number of carbonyl (C=O) groups excluding carboxylic acids is 1. The second-order valence-corrected chi connectivity index (χ2v) is 5.31. The molecule has 1 amide bonds. The molecule has 0 aliphatic rings. The van der Waals surface area contributed by atoms with Crippen LogP contribution < -0.4 is 10.6 Å². The van der Waals surface area contributed by atoms with Crippen LogP contribution in [0.2, 0.25) is 0 Å². The fraction of sp³-hybridized carbons (Fsp3) is 0.235. The van der Waals surface area contributed by atoms with Crippen LogP contribution in [0, 0.1) is 24.0 Å². The number of carbonyl (C=O) groups is 1. The van der Waals surface area contributed by atoms with Crippen LogP contribution in [0.1, 0.15) is 21.5 Å². The van der Waals surface area contributed by atoms with E-state index >= 15 is 0 Å². The van der Waals surface area contributed by atoms with Crippen molar-refractivity contribution >= 4 is 17.3 Å². The third-order valence-corrected chi connectivity index (χ3v) is 3.44. The van der Waals surface area contributed by atoms with Crippen molar-refractivity contribution in [3.8, 4) is 0 Å². The molecule has 6 nitrogen and oxygen atoms in total. The van der Waals surface area contributed by atoms with Crippen LogP contribution in [0.3, 0.4) is 0 Å². The van der Waals surface area contributed by atoms with Crippen molar-refractivity contribution in [2.45, 2.75) is 13.8 Å². The van der Waals surface area contributed by atoms with Crippen molar-refractivity contribution in [1.82, 2.24) is 5.32 Å². The number of amides is 1. The Kier molecular flexibility index (Phi) is 5.30. The van der Waals surface area contributed by atoms with Gasteiger partial charge in [-0.1, -0.05) is 17.7 Å². The van der Waals surface area contributed by atoms with Gasteiger partial charge in [-0.25, -0.2) is 0 Å². The Balaban J connectivity index is 1.80. The molecule has 2 aromatic rings. The Bertz CT molecular complexity index is 712. The number of nitrogens with one attached hydrogen (secondary N) is 2. The SMILES string of the molecule is Cc1ccc(C(=O)NCCNc2ccc([N+](=O)[O-])cc2)c(C)c1. The van der Waals surface area contributed by atoms with Gasteiger partial charge in [0, 0.05) is 36.5 Å². The Labute approximate surface area is 134 Å². The largest absolute Gasteiger partial charge is 0.383 e. The zero-order valence-corrected chi connectivity index (χ0v) is 13.1. The summed E-state index contributed by atoms with van der Waals surface area (Å²) in [4.78, 5) is 22.2. The number of nitro groups is 1. The maximum absolute atomic E-state index is 12.1. The van der Waals surface area contributed by atoms with E-state index in [2.05, 4.69) is 10.6 Å². The number of anilines is 1. The van der Waals surface area contributed by atoms with Gasteiger partial charge in [-0.05, 0) is 37.6 Å². The first-order valence-electron chi connectivity index (χ1n) is 7.31. The minimum Gasteiger partial charge on any atom is -0.383 e. The lowest BCUT2D eigenvalue weighted by Crippen LogP contribution is -2.29. The maximum atomic E-state index is 12.1. The van der Waals surface area contributed by atoms with Crippen LogP contribution in [0.5, 0.6) is 0 Å². The number of nitrogens with zero attached hydrogens (tertiary/aromatic N) is 1. The van der Waals surface area contributed by atoms with Gasteiger partial charge in [0.2, 0.25) is 0 Å². The zero-order chi connectivity index (χ0) is 16.8. The van der Waals surface area contributed by atoms with E-state index in [0.717, 1.165) is 16.8 Å². The summed E-state index contributed by atoms with van der Waals surface area (Å²) in [7, 11) is 0. The van der Waals surface area contributed by atoms with E-state index in [1.807, 2.05) is 32.0 Å². The number of nitro benzene ring substituents is 1. The highest BCUT2D eigenvalue weighted by Crippen LogP contribution is 2.15. The predicted octanol–water partition coefficient (Wildman–Crippen LogP) is 3.05. The minimum atomic E-state index is -0.437. The highest BCUT2D eigenvalue weighted by Gasteiger charge is 2.08. The summed E-state index contributed by atoms with van der Waals surface area (Å²) >= 11 is 0. The minimum absolute atomic E-state index is 0.0544. The molecule has 0 heterocycles. The van der Waals surface area contributed by atoms with Crippen molar-refractivity contribution in [2.75, 3.05) is 18.4 Å². The van der Waals surface area contributed by atoms with Gasteiger partial charge >= 0.3 is 0 Å². The fourth-order valence-corrected chi connectivity index (χ4v) is 2.25. The van der Waals surface area contributed by atoms with E-state index in [1.165, 1.54) is 12.1 Å². The first kappa shape index (κ1) is 16.5. The number of benzene rings is 2. The molecule has 0 saturated carbocycles. The van der Waals surface area contributed by atoms with Gasteiger partial charge in [0.15, 0.2) is 0 Å². The number of hydrogen-bond donors (Lipinski definition) is 2. The molecule has 0 unspecified atom stereocenters. The fourth-order valence-electron chi connectivity index (χ4n) is 2.25. The molecule has 0 atom stereocenters. The quantitative estimate of drug-likeness (QED) is 0.488. The predicted molar refractivity (Wildman–Crippen MR) is 89.8 cm³/mol. The zero-order valence-electron chi connectivity index (χ0n) is 13.1. The molecule has 23 heavy (non-hydrogen) atoms. The summed E-state index contributed by atoms with van der Waals surface area (Å²) in [5, 5.41) is 16.5. The van der Waals surface area contributed by atoms with Gasteiger partial charge in [0.1, 0.15) is 0 Å². The second-order valence-electron chi connectivity index (χ2n) is 5.31. The Hall–Kier alpha value is -2.89. The van der Waals surface area contributed by atoms with Crippen LogP contribution in [0.15, 0.2) is 42.5 Å². The molecule has 0 spiro atoms. The third-order valence-electron chi connectivity index (χ3n) is 3.44. The van der Waals surface area contributed by atoms with E-state index in [-0.39, 0.29) is 11.6 Å². The van der Waals surface area contributed by atoms with Gasteiger partial charge in [-0.3, -0.25) is 14.9 Å². The molecule has 2 aromatic carbocycles. The summed E-state index contributed by atoms with van der Waals surface area (Å²) in [5.74, 6) is -0.104. The summed E-state index contributed by atoms with van der Waals surface area (Å²) in [6, 6.07) is 11.9. The van der Waals surface area contributed by atoms with Crippen molar-refractivity contribution < 1.29 is 9.72 Å². The molecule has 120 valence electrons. The summed E-state index contributed by atoms with van der Waals surface area (Å²) < 4.78 is 0. The van der Waals surface area contributed by atoms with Crippen LogP contribution >= 0.6 is 0 Å². The molecule has 2 rings (SSSR count). The Morgan fingerprint density at radius 2 is 1.78 bits per heavy atom. The summed E-state index contributed by atoms with van der Waals surface area (Å²) in [5.41, 5.74) is 3.57. The van der Waals surface area contributed by atoms with E-state index in [9.17, 15) is 14.9 Å². The third kappa shape index (κ3) is 4.54. The van der Waals surface area contributed by atoms with Crippen LogP contribution in [-0.4, -0.2) is 23.9 Å². The molecule has 0 bridgehead atoms. The molecule has 0 aliphatic heterocycles. The smallest absolute Gasteiger partial charge is 0.269 e. The molecule has 0 radical (unpaired) electrons. The highest BCUT2D eigenvalue weighted by molar-refractivity contribution is 5.95. The average molecular weight is 313 g/mol. The van der Waals surface area contributed by atoms with Crippen molar-refractivity contribution in [2.24, 2.45) is 0 Å². The number of hydrogen-bond acceptors (Lipinski definition) is 4. The molecule has 6 heteroatoms. The highest BCUT2D eigenvalue weighted by atomic mass is 16.6. The number of non-ortho nitro benzene ring substituents is 1. The first-order valence-corrected chi connectivity index (χ1v) is 7.31. The molecule has 0 fully saturated rings. The van der Waals surface area contributed by atoms with E-state index < -0.39 is 4.92 Å². The van der Waals surface area contributed by atoms with E-state index in [1.54, 1.807) is 12.1 Å². The summed E-state index contributed by atoms with van der Waals surface area (Å²) in [6.45, 7) is 4.90. The lowest BCUT2D eigenvalue weighted by atomic mass is 10.1. The van der Waals surface area contributed by atoms with E-state index in [0.29, 0.717) is 18.7 Å². The molecule has 0 aliphatic carbocycles. The van der Waals surface area contributed by atoms with Gasteiger partial charge in [-0.15, -0.1) is 0 Å². The standard InChI is InChI=1S/C17H19N3O3/c1-12-3-8-16(13(2)11-12)17(21)19-10-9-18-14-4-6-15(7-5-14)20(22)23/h3-8,11,18H,9-10H2,1-2H3,(H,19,21). The lowest BCUT2D eigenvalue weighted by molar-refractivity contribution is -0.384. The second kappa shape index (κ2) is 7.40. The molecular formula is C17H19N3O3. The molecule has 0 saturated heterocycles. The molecule has 2 N–H and O–H groups in total. The maximum Gasteiger partial charge on any atom is 0.269 e. The van der Waals surface area contributed by atoms with E-state index in [4.69, 9.17) is 0 Å². The van der Waals surface area contributed by atoms with Crippen LogP contribution in [0.25, 0.3) is 0 Å². The average Bonchev–Trinajstić information content (AvgIpc) is 2.51. The number of aryl methyl sites for hydroxylation is 2. The van der Waals surface area contributed by atoms with Crippen LogP contribution in [-0.2, 0) is 0 Å². The van der Waals surface area contributed by atoms with Gasteiger partial charge in [0.25, 0.3) is 11.6 Å². The normalized spacial score (nSPS) is 10.2. The lowest BCUT2D eigenvalue weighted by Gasteiger charge is -2.10. The molecule has 0 aromatic heterocycles. The van der Waals surface area contributed by atoms with Crippen molar-refractivity contribution in [1.29, 1.82) is 0 Å². The monoisotopic (exact) mass is 313 g/mol. The number of rotatable bonds is 6. The molecular weight excluding hydrogens is 294 g/mol.